The number of hydrogen-bond donors (Lipinski definition) is 1. The van der Waals surface area contributed by atoms with Gasteiger partial charge in [0.1, 0.15) is 5.82 Å². The minimum atomic E-state index is -0.600. The summed E-state index contributed by atoms with van der Waals surface area (Å²) in [6.07, 6.45) is 0.658. The Bertz CT molecular complexity index is 843. The maximum Gasteiger partial charge on any atom is 0.311 e. The summed E-state index contributed by atoms with van der Waals surface area (Å²) in [5.41, 5.74) is 0.608. The fourth-order valence-electron chi connectivity index (χ4n) is 2.73. The molecule has 0 saturated carbocycles. The molecule has 0 spiro atoms. The van der Waals surface area contributed by atoms with Crippen molar-refractivity contribution in [1.82, 2.24) is 5.32 Å². The number of ether oxygens (including phenoxy) is 1. The molecule has 0 unspecified atom stereocenters. The van der Waals surface area contributed by atoms with Crippen molar-refractivity contribution in [3.63, 3.8) is 0 Å². The Kier molecular flexibility index (Phi) is 4.89. The second-order valence-electron chi connectivity index (χ2n) is 5.49. The van der Waals surface area contributed by atoms with Gasteiger partial charge in [-0.3, -0.25) is 14.9 Å². The minimum absolute atomic E-state index is 0.0861. The van der Waals surface area contributed by atoms with E-state index in [0.29, 0.717) is 6.42 Å². The molecule has 0 radical (unpaired) electrons. The smallest absolute Gasteiger partial charge is 0.311 e. The van der Waals surface area contributed by atoms with Crippen molar-refractivity contribution < 1.29 is 18.8 Å². The predicted molar refractivity (Wildman–Crippen MR) is 91.6 cm³/mol. The normalized spacial score (nSPS) is 16.0. The van der Waals surface area contributed by atoms with Crippen LogP contribution in [0.2, 0.25) is 0 Å². The number of amides is 1. The molecule has 0 saturated heterocycles. The molecule has 0 aromatic heterocycles. The predicted octanol–water partition coefficient (Wildman–Crippen LogP) is 3.71. The molecular formula is C17H15FN2O4S. The fourth-order valence-corrected chi connectivity index (χ4v) is 3.84. The van der Waals surface area contributed by atoms with Crippen LogP contribution in [-0.2, 0) is 0 Å². The van der Waals surface area contributed by atoms with Gasteiger partial charge >= 0.3 is 5.69 Å². The van der Waals surface area contributed by atoms with Gasteiger partial charge in [-0.15, -0.1) is 11.8 Å². The van der Waals surface area contributed by atoms with Gasteiger partial charge in [0.05, 0.1) is 18.1 Å². The van der Waals surface area contributed by atoms with Crippen molar-refractivity contribution in [2.24, 2.45) is 0 Å². The molecule has 8 heteroatoms. The van der Waals surface area contributed by atoms with E-state index in [4.69, 9.17) is 4.74 Å². The molecule has 6 nitrogen and oxygen atoms in total. The van der Waals surface area contributed by atoms with E-state index >= 15 is 0 Å². The van der Waals surface area contributed by atoms with Crippen LogP contribution in [0.25, 0.3) is 0 Å². The van der Waals surface area contributed by atoms with E-state index in [9.17, 15) is 19.3 Å². The number of carbonyl (C=O) groups excluding carboxylic acids is 1. The number of nitrogens with zero attached hydrogens (tertiary/aromatic N) is 1. The van der Waals surface area contributed by atoms with Gasteiger partial charge < -0.3 is 10.1 Å². The fraction of sp³-hybridized carbons (Fsp3) is 0.235. The highest BCUT2D eigenvalue weighted by Crippen LogP contribution is 2.36. The number of benzene rings is 2. The standard InChI is InChI=1S/C17H15FN2O4S/c1-24-15-4-2-10(8-14(15)20(22)23)17(21)19-13-6-7-25-16-5-3-11(18)9-12(13)16/h2-5,8-9,13H,6-7H2,1H3,(H,19,21)/t13-/m1/s1. The number of thioether (sulfide) groups is 1. The van der Waals surface area contributed by atoms with Gasteiger partial charge in [0, 0.05) is 22.3 Å². The first kappa shape index (κ1) is 17.2. The maximum atomic E-state index is 13.5. The molecule has 3 rings (SSSR count). The Hall–Kier alpha value is -2.61. The van der Waals surface area contributed by atoms with E-state index in [0.717, 1.165) is 16.2 Å². The van der Waals surface area contributed by atoms with E-state index in [1.165, 1.54) is 37.4 Å². The zero-order chi connectivity index (χ0) is 18.0. The SMILES string of the molecule is COc1ccc(C(=O)N[C@@H]2CCSc3ccc(F)cc32)cc1[N+](=O)[O-]. The number of methoxy groups -OCH3 is 1. The molecule has 1 heterocycles. The van der Waals surface area contributed by atoms with E-state index < -0.39 is 10.8 Å². The highest BCUT2D eigenvalue weighted by atomic mass is 32.2. The molecule has 1 amide bonds. The summed E-state index contributed by atoms with van der Waals surface area (Å²) >= 11 is 1.61. The van der Waals surface area contributed by atoms with E-state index in [1.807, 2.05) is 0 Å². The second kappa shape index (κ2) is 7.10. The molecule has 1 aliphatic rings. The third-order valence-corrected chi connectivity index (χ3v) is 5.08. The minimum Gasteiger partial charge on any atom is -0.490 e. The molecule has 25 heavy (non-hydrogen) atoms. The molecule has 2 aromatic rings. The Labute approximate surface area is 147 Å². The number of rotatable bonds is 4. The molecule has 1 atom stereocenters. The van der Waals surface area contributed by atoms with Gasteiger partial charge in [-0.2, -0.15) is 0 Å². The first-order valence-corrected chi connectivity index (χ1v) is 8.53. The Balaban J connectivity index is 1.85. The quantitative estimate of drug-likeness (QED) is 0.662. The van der Waals surface area contributed by atoms with Crippen LogP contribution in [-0.4, -0.2) is 23.7 Å². The number of nitrogens with one attached hydrogen (secondary N) is 1. The summed E-state index contributed by atoms with van der Waals surface area (Å²) in [5.74, 6) is 0.0771. The monoisotopic (exact) mass is 362 g/mol. The number of carbonyl (C=O) groups is 1. The molecule has 130 valence electrons. The molecule has 0 aliphatic carbocycles. The third kappa shape index (κ3) is 3.58. The Morgan fingerprint density at radius 3 is 2.88 bits per heavy atom. The van der Waals surface area contributed by atoms with Crippen LogP contribution in [0.1, 0.15) is 28.4 Å². The summed E-state index contributed by atoms with van der Waals surface area (Å²) in [6.45, 7) is 0. The van der Waals surface area contributed by atoms with Crippen LogP contribution in [0.3, 0.4) is 0 Å². The maximum absolute atomic E-state index is 13.5. The van der Waals surface area contributed by atoms with Gasteiger partial charge in [-0.1, -0.05) is 0 Å². The van der Waals surface area contributed by atoms with Crippen LogP contribution >= 0.6 is 11.8 Å². The molecular weight excluding hydrogens is 347 g/mol. The largest absolute Gasteiger partial charge is 0.490 e. The van der Waals surface area contributed by atoms with Crippen LogP contribution in [0.4, 0.5) is 10.1 Å². The Morgan fingerprint density at radius 2 is 2.16 bits per heavy atom. The van der Waals surface area contributed by atoms with Crippen molar-refractivity contribution in [3.05, 3.63) is 63.5 Å². The average Bonchev–Trinajstić information content (AvgIpc) is 2.61. The van der Waals surface area contributed by atoms with E-state index in [-0.39, 0.29) is 28.9 Å². The van der Waals surface area contributed by atoms with E-state index in [2.05, 4.69) is 5.32 Å². The summed E-state index contributed by atoms with van der Waals surface area (Å²) in [6, 6.07) is 8.21. The molecule has 1 N–H and O–H groups in total. The average molecular weight is 362 g/mol. The first-order valence-electron chi connectivity index (χ1n) is 7.55. The van der Waals surface area contributed by atoms with Crippen LogP contribution in [0.5, 0.6) is 5.75 Å². The van der Waals surface area contributed by atoms with Gasteiger partial charge in [0.25, 0.3) is 5.91 Å². The lowest BCUT2D eigenvalue weighted by Crippen LogP contribution is -2.30. The number of nitro groups is 1. The van der Waals surface area contributed by atoms with Gasteiger partial charge in [0.2, 0.25) is 0 Å². The lowest BCUT2D eigenvalue weighted by atomic mass is 10.0. The van der Waals surface area contributed by atoms with Crippen molar-refractivity contribution in [3.8, 4) is 5.75 Å². The number of halogens is 1. The number of hydrogen-bond acceptors (Lipinski definition) is 5. The zero-order valence-corrected chi connectivity index (χ0v) is 14.1. The summed E-state index contributed by atoms with van der Waals surface area (Å²) in [5, 5.41) is 13.9. The van der Waals surface area contributed by atoms with Crippen molar-refractivity contribution >= 4 is 23.4 Å². The molecule has 2 aromatic carbocycles. The Morgan fingerprint density at radius 1 is 1.36 bits per heavy atom. The van der Waals surface area contributed by atoms with Gasteiger partial charge in [0.15, 0.2) is 5.75 Å². The van der Waals surface area contributed by atoms with Crippen molar-refractivity contribution in [1.29, 1.82) is 0 Å². The van der Waals surface area contributed by atoms with Gasteiger partial charge in [-0.25, -0.2) is 4.39 Å². The van der Waals surface area contributed by atoms with Gasteiger partial charge in [-0.05, 0) is 42.3 Å². The molecule has 1 aliphatic heterocycles. The lowest BCUT2D eigenvalue weighted by molar-refractivity contribution is -0.385. The molecule has 0 fully saturated rings. The number of nitro benzene ring substituents is 1. The first-order chi connectivity index (χ1) is 12.0. The highest BCUT2D eigenvalue weighted by molar-refractivity contribution is 7.99. The molecule has 0 bridgehead atoms. The zero-order valence-electron chi connectivity index (χ0n) is 13.3. The summed E-state index contributed by atoms with van der Waals surface area (Å²) < 4.78 is 18.5. The lowest BCUT2D eigenvalue weighted by Gasteiger charge is -2.26. The third-order valence-electron chi connectivity index (χ3n) is 3.95. The van der Waals surface area contributed by atoms with Crippen molar-refractivity contribution in [2.45, 2.75) is 17.4 Å². The second-order valence-corrected chi connectivity index (χ2v) is 6.63. The van der Waals surface area contributed by atoms with Crippen LogP contribution in [0.15, 0.2) is 41.3 Å². The number of fused-ring (bicyclic) bond motifs is 1. The highest BCUT2D eigenvalue weighted by Gasteiger charge is 2.25. The van der Waals surface area contributed by atoms with E-state index in [1.54, 1.807) is 17.8 Å². The summed E-state index contributed by atoms with van der Waals surface area (Å²) in [7, 11) is 1.33. The van der Waals surface area contributed by atoms with Crippen molar-refractivity contribution in [2.75, 3.05) is 12.9 Å². The summed E-state index contributed by atoms with van der Waals surface area (Å²) in [4.78, 5) is 23.9. The van der Waals surface area contributed by atoms with Crippen LogP contribution in [0, 0.1) is 15.9 Å². The topological polar surface area (TPSA) is 81.5 Å². The van der Waals surface area contributed by atoms with Crippen LogP contribution < -0.4 is 10.1 Å².